The van der Waals surface area contributed by atoms with Gasteiger partial charge in [0, 0.05) is 36.9 Å². The van der Waals surface area contributed by atoms with E-state index in [0.29, 0.717) is 50.0 Å². The van der Waals surface area contributed by atoms with E-state index in [1.54, 1.807) is 13.2 Å². The maximum atomic E-state index is 12.9. The van der Waals surface area contributed by atoms with Crippen LogP contribution in [0.5, 0.6) is 11.5 Å². The van der Waals surface area contributed by atoms with Crippen LogP contribution in [-0.4, -0.2) is 40.7 Å². The summed E-state index contributed by atoms with van der Waals surface area (Å²) >= 11 is 0. The zero-order valence-electron chi connectivity index (χ0n) is 21.4. The first kappa shape index (κ1) is 25.6. The van der Waals surface area contributed by atoms with Crippen molar-refractivity contribution >= 4 is 16.7 Å². The van der Waals surface area contributed by atoms with Gasteiger partial charge in [-0.3, -0.25) is 4.79 Å². The molecule has 0 unspecified atom stereocenters. The highest BCUT2D eigenvalue weighted by atomic mass is 16.5. The fourth-order valence-electron chi connectivity index (χ4n) is 5.63. The molecule has 0 spiro atoms. The molecule has 5 N–H and O–H groups in total. The lowest BCUT2D eigenvalue weighted by atomic mass is 9.84. The average Bonchev–Trinajstić information content (AvgIpc) is 3.31. The molecular weight excluding hydrogens is 474 g/mol. The van der Waals surface area contributed by atoms with Crippen molar-refractivity contribution in [2.45, 2.75) is 75.6 Å². The molecule has 1 aliphatic carbocycles. The maximum Gasteiger partial charge on any atom is 0.196 e. The highest BCUT2D eigenvalue weighted by Crippen LogP contribution is 2.45. The fraction of sp³-hybridized carbons (Fsp3) is 0.483. The Morgan fingerprint density at radius 3 is 2.65 bits per heavy atom. The summed E-state index contributed by atoms with van der Waals surface area (Å²) in [5, 5.41) is 33.0. The summed E-state index contributed by atoms with van der Waals surface area (Å²) in [6.45, 7) is 2.43. The third-order valence-corrected chi connectivity index (χ3v) is 8.08. The SMILES string of the molecule is COCCc1cc(CC[C@]2(C)Oc3cc4oc(C5(O)CCCC5)cc(=O)c4c(O)c3C[C@H]2O)ccc1N. The summed E-state index contributed by atoms with van der Waals surface area (Å²) in [5.74, 6) is 0.344. The number of hydrogen-bond donors (Lipinski definition) is 4. The molecule has 0 amide bonds. The van der Waals surface area contributed by atoms with Crippen molar-refractivity contribution in [2.75, 3.05) is 19.5 Å². The van der Waals surface area contributed by atoms with Crippen LogP contribution in [0.15, 0.2) is 39.5 Å². The van der Waals surface area contributed by atoms with Gasteiger partial charge in [0.05, 0.1) is 12.7 Å². The van der Waals surface area contributed by atoms with Crippen molar-refractivity contribution < 1.29 is 29.2 Å². The molecule has 198 valence electrons. The Morgan fingerprint density at radius 1 is 1.16 bits per heavy atom. The van der Waals surface area contributed by atoms with E-state index in [2.05, 4.69) is 6.07 Å². The summed E-state index contributed by atoms with van der Waals surface area (Å²) in [4.78, 5) is 12.9. The molecule has 1 fully saturated rings. The van der Waals surface area contributed by atoms with E-state index in [1.807, 2.05) is 19.1 Å². The van der Waals surface area contributed by atoms with Crippen molar-refractivity contribution in [3.8, 4) is 11.5 Å². The quantitative estimate of drug-likeness (QED) is 0.354. The van der Waals surface area contributed by atoms with Crippen LogP contribution in [-0.2, 0) is 29.6 Å². The lowest BCUT2D eigenvalue weighted by Crippen LogP contribution is -2.49. The second kappa shape index (κ2) is 9.67. The molecule has 2 aromatic carbocycles. The predicted octanol–water partition coefficient (Wildman–Crippen LogP) is 3.72. The number of hydrogen-bond acceptors (Lipinski definition) is 8. The van der Waals surface area contributed by atoms with Crippen molar-refractivity contribution in [3.63, 3.8) is 0 Å². The van der Waals surface area contributed by atoms with E-state index in [4.69, 9.17) is 19.6 Å². The van der Waals surface area contributed by atoms with Crippen LogP contribution >= 0.6 is 0 Å². The molecular formula is C29H35NO7. The molecule has 3 aromatic rings. The van der Waals surface area contributed by atoms with Crippen LogP contribution in [0.3, 0.4) is 0 Å². The number of benzene rings is 2. The van der Waals surface area contributed by atoms with E-state index >= 15 is 0 Å². The third kappa shape index (κ3) is 4.69. The van der Waals surface area contributed by atoms with E-state index in [0.717, 1.165) is 29.7 Å². The number of fused-ring (bicyclic) bond motifs is 2. The summed E-state index contributed by atoms with van der Waals surface area (Å²) in [7, 11) is 1.66. The van der Waals surface area contributed by atoms with Crippen molar-refractivity contribution in [1.29, 1.82) is 0 Å². The van der Waals surface area contributed by atoms with Crippen LogP contribution < -0.4 is 15.9 Å². The normalized spacial score (nSPS) is 22.6. The minimum Gasteiger partial charge on any atom is -0.507 e. The second-order valence-electron chi connectivity index (χ2n) is 10.7. The van der Waals surface area contributed by atoms with E-state index in [1.165, 1.54) is 6.07 Å². The molecule has 0 saturated heterocycles. The number of aliphatic hydroxyl groups excluding tert-OH is 1. The number of phenolic OH excluding ortho intramolecular Hbond substituents is 1. The first-order chi connectivity index (χ1) is 17.6. The monoisotopic (exact) mass is 509 g/mol. The molecule has 0 radical (unpaired) electrons. The van der Waals surface area contributed by atoms with Gasteiger partial charge in [-0.05, 0) is 69.1 Å². The topological polar surface area (TPSA) is 135 Å². The minimum atomic E-state index is -1.17. The van der Waals surface area contributed by atoms with Crippen molar-refractivity contribution in [3.05, 3.63) is 63.0 Å². The first-order valence-corrected chi connectivity index (χ1v) is 12.9. The van der Waals surface area contributed by atoms with Gasteiger partial charge in [0.25, 0.3) is 0 Å². The molecule has 8 nitrogen and oxygen atoms in total. The van der Waals surface area contributed by atoms with Gasteiger partial charge in [-0.15, -0.1) is 0 Å². The highest BCUT2D eigenvalue weighted by Gasteiger charge is 2.42. The molecule has 2 aliphatic rings. The molecule has 2 atom stereocenters. The van der Waals surface area contributed by atoms with E-state index in [9.17, 15) is 20.1 Å². The van der Waals surface area contributed by atoms with Crippen LogP contribution in [0.1, 0.15) is 61.5 Å². The molecule has 1 aliphatic heterocycles. The maximum absolute atomic E-state index is 12.9. The number of aliphatic hydroxyl groups is 2. The number of ether oxygens (including phenoxy) is 2. The van der Waals surface area contributed by atoms with Gasteiger partial charge >= 0.3 is 0 Å². The molecule has 1 saturated carbocycles. The zero-order chi connectivity index (χ0) is 26.4. The van der Waals surface area contributed by atoms with Crippen LogP contribution in [0.4, 0.5) is 5.69 Å². The summed E-state index contributed by atoms with van der Waals surface area (Å²) < 4.78 is 17.5. The van der Waals surface area contributed by atoms with Crippen LogP contribution in [0.25, 0.3) is 11.0 Å². The Kier molecular flexibility index (Phi) is 6.68. The van der Waals surface area contributed by atoms with Gasteiger partial charge in [-0.1, -0.05) is 12.1 Å². The van der Waals surface area contributed by atoms with Gasteiger partial charge in [-0.2, -0.15) is 0 Å². The molecule has 8 heteroatoms. The van der Waals surface area contributed by atoms with Gasteiger partial charge < -0.3 is 34.9 Å². The number of phenols is 1. The average molecular weight is 510 g/mol. The largest absolute Gasteiger partial charge is 0.507 e. The van der Waals surface area contributed by atoms with E-state index in [-0.39, 0.29) is 28.9 Å². The molecule has 37 heavy (non-hydrogen) atoms. The number of aryl methyl sites for hydroxylation is 1. The predicted molar refractivity (Wildman–Crippen MR) is 140 cm³/mol. The van der Waals surface area contributed by atoms with Gasteiger partial charge in [0.15, 0.2) is 5.43 Å². The zero-order valence-corrected chi connectivity index (χ0v) is 21.4. The number of nitrogens with two attached hydrogens (primary N) is 1. The second-order valence-corrected chi connectivity index (χ2v) is 10.7. The number of rotatable bonds is 7. The van der Waals surface area contributed by atoms with E-state index < -0.39 is 22.7 Å². The Labute approximate surface area is 215 Å². The van der Waals surface area contributed by atoms with Gasteiger partial charge in [-0.25, -0.2) is 0 Å². The molecule has 1 aromatic heterocycles. The van der Waals surface area contributed by atoms with Gasteiger partial charge in [0.1, 0.15) is 39.4 Å². The third-order valence-electron chi connectivity index (χ3n) is 8.08. The number of anilines is 1. The summed E-state index contributed by atoms with van der Waals surface area (Å²) in [5.41, 5.74) is 6.94. The number of methoxy groups -OCH3 is 1. The fourth-order valence-corrected chi connectivity index (χ4v) is 5.63. The van der Waals surface area contributed by atoms with Crippen molar-refractivity contribution in [1.82, 2.24) is 0 Å². The summed E-state index contributed by atoms with van der Waals surface area (Å²) in [6.07, 6.45) is 3.89. The number of nitrogen functional groups attached to an aromatic ring is 1. The Bertz CT molecular complexity index is 1370. The van der Waals surface area contributed by atoms with Gasteiger partial charge in [0.2, 0.25) is 0 Å². The van der Waals surface area contributed by atoms with Crippen LogP contribution in [0.2, 0.25) is 0 Å². The Morgan fingerprint density at radius 2 is 1.92 bits per heavy atom. The lowest BCUT2D eigenvalue weighted by molar-refractivity contribution is -0.0595. The first-order valence-electron chi connectivity index (χ1n) is 12.9. The Balaban J connectivity index is 1.44. The molecule has 2 heterocycles. The lowest BCUT2D eigenvalue weighted by Gasteiger charge is -2.40. The standard InChI is InChI=1S/C29H35NO7/c1-28(11-7-17-5-6-20(30)18(13-17)8-12-35-2)24(32)14-19-22(37-28)16-23-26(27(19)33)21(31)15-25(36-23)29(34)9-3-4-10-29/h5-6,13,15-16,24,32-34H,3-4,7-12,14,30H2,1-2H3/t24-,28+/m1/s1. The van der Waals surface area contributed by atoms with Crippen LogP contribution in [0, 0.1) is 0 Å². The molecule has 0 bridgehead atoms. The molecule has 5 rings (SSSR count). The summed E-state index contributed by atoms with van der Waals surface area (Å²) in [6, 6.07) is 8.80. The minimum absolute atomic E-state index is 0.0361. The Hall–Kier alpha value is -3.07. The highest BCUT2D eigenvalue weighted by molar-refractivity contribution is 5.87. The number of aromatic hydroxyl groups is 1. The van der Waals surface area contributed by atoms with Crippen molar-refractivity contribution in [2.24, 2.45) is 0 Å². The smallest absolute Gasteiger partial charge is 0.196 e.